The van der Waals surface area contributed by atoms with Gasteiger partial charge < -0.3 is 9.80 Å². The van der Waals surface area contributed by atoms with Crippen LogP contribution in [0.5, 0.6) is 0 Å². The molecule has 0 aromatic heterocycles. The highest BCUT2D eigenvalue weighted by atomic mass is 32.2. The van der Waals surface area contributed by atoms with E-state index < -0.39 is 10.0 Å². The first-order chi connectivity index (χ1) is 14.3. The molecule has 0 atom stereocenters. The first-order valence-electron chi connectivity index (χ1n) is 10.5. The van der Waals surface area contributed by atoms with Gasteiger partial charge in [0.2, 0.25) is 10.0 Å². The molecule has 0 radical (unpaired) electrons. The Morgan fingerprint density at radius 2 is 1.40 bits per heavy atom. The molecule has 30 heavy (non-hydrogen) atoms. The van der Waals surface area contributed by atoms with Gasteiger partial charge >= 0.3 is 6.03 Å². The molecular formula is C23H29N3O3S. The number of carbonyl (C=O) groups excluding carboxylic acids is 1. The van der Waals surface area contributed by atoms with Crippen molar-refractivity contribution in [3.8, 4) is 0 Å². The number of urea groups is 1. The summed E-state index contributed by atoms with van der Waals surface area (Å²) in [6.07, 6.45) is 1.35. The smallest absolute Gasteiger partial charge is 0.320 e. The van der Waals surface area contributed by atoms with Crippen LogP contribution in [0.4, 0.5) is 4.79 Å². The molecule has 0 bridgehead atoms. The monoisotopic (exact) mass is 427 g/mol. The Hall–Kier alpha value is -2.38. The molecule has 2 aromatic rings. The lowest BCUT2D eigenvalue weighted by molar-refractivity contribution is 0.153. The van der Waals surface area contributed by atoms with Crippen molar-refractivity contribution >= 4 is 16.1 Å². The van der Waals surface area contributed by atoms with E-state index in [9.17, 15) is 13.2 Å². The normalized spacial score (nSPS) is 18.9. The van der Waals surface area contributed by atoms with Crippen LogP contribution in [0.1, 0.15) is 29.5 Å². The number of hydrogen-bond acceptors (Lipinski definition) is 3. The summed E-state index contributed by atoms with van der Waals surface area (Å²) < 4.78 is 27.4. The number of sulfonamides is 1. The summed E-state index contributed by atoms with van der Waals surface area (Å²) in [5.74, 6) is 0. The average molecular weight is 428 g/mol. The van der Waals surface area contributed by atoms with Crippen LogP contribution in [0.15, 0.2) is 53.4 Å². The molecule has 0 aliphatic carbocycles. The summed E-state index contributed by atoms with van der Waals surface area (Å²) in [6, 6.07) is 15.4. The van der Waals surface area contributed by atoms with Crippen molar-refractivity contribution in [1.82, 2.24) is 14.1 Å². The fourth-order valence-corrected chi connectivity index (χ4v) is 5.72. The highest BCUT2D eigenvalue weighted by Crippen LogP contribution is 2.26. The molecule has 2 amide bonds. The zero-order valence-electron chi connectivity index (χ0n) is 17.6. The number of nitrogens with zero attached hydrogens (tertiary/aromatic N) is 3. The molecule has 4 rings (SSSR count). The highest BCUT2D eigenvalue weighted by molar-refractivity contribution is 7.89. The van der Waals surface area contributed by atoms with Crippen LogP contribution < -0.4 is 0 Å². The minimum atomic E-state index is -3.47. The second-order valence-corrected chi connectivity index (χ2v) is 10.3. The minimum absolute atomic E-state index is 0.0652. The van der Waals surface area contributed by atoms with E-state index in [1.165, 1.54) is 5.56 Å². The Morgan fingerprint density at radius 3 is 2.00 bits per heavy atom. The Morgan fingerprint density at radius 1 is 0.833 bits per heavy atom. The molecule has 0 N–H and O–H groups in total. The lowest BCUT2D eigenvalue weighted by Gasteiger charge is -2.35. The Balaban J connectivity index is 1.35. The number of carbonyl (C=O) groups is 1. The molecule has 2 heterocycles. The van der Waals surface area contributed by atoms with Gasteiger partial charge in [0.1, 0.15) is 0 Å². The first-order valence-corrected chi connectivity index (χ1v) is 12.0. The zero-order chi connectivity index (χ0) is 21.3. The van der Waals surface area contributed by atoms with Gasteiger partial charge in [-0.1, -0.05) is 47.5 Å². The van der Waals surface area contributed by atoms with Crippen molar-refractivity contribution < 1.29 is 13.2 Å². The Kier molecular flexibility index (Phi) is 5.84. The number of piperidine rings is 1. The molecular weight excluding hydrogens is 398 g/mol. The van der Waals surface area contributed by atoms with Crippen molar-refractivity contribution in [2.45, 2.75) is 44.2 Å². The van der Waals surface area contributed by atoms with E-state index in [4.69, 9.17) is 0 Å². The van der Waals surface area contributed by atoms with Crippen LogP contribution >= 0.6 is 0 Å². The molecule has 2 aromatic carbocycles. The molecule has 2 aliphatic rings. The topological polar surface area (TPSA) is 60.9 Å². The SMILES string of the molecule is Cc1ccc(CN2CCN(C3CCN(S(=O)(=O)c4ccc(C)cc4)CC3)C2=O)cc1. The molecule has 2 aliphatic heterocycles. The summed E-state index contributed by atoms with van der Waals surface area (Å²) in [4.78, 5) is 17.1. The summed E-state index contributed by atoms with van der Waals surface area (Å²) in [6.45, 7) is 6.94. The van der Waals surface area contributed by atoms with Gasteiger partial charge in [-0.3, -0.25) is 0 Å². The molecule has 2 fully saturated rings. The fraction of sp³-hybridized carbons (Fsp3) is 0.435. The molecule has 2 saturated heterocycles. The van der Waals surface area contributed by atoms with Gasteiger partial charge in [0.15, 0.2) is 0 Å². The number of hydrogen-bond donors (Lipinski definition) is 0. The van der Waals surface area contributed by atoms with Crippen LogP contribution in [0, 0.1) is 13.8 Å². The highest BCUT2D eigenvalue weighted by Gasteiger charge is 2.37. The lowest BCUT2D eigenvalue weighted by Crippen LogP contribution is -2.47. The van der Waals surface area contributed by atoms with Crippen LogP contribution in [-0.2, 0) is 16.6 Å². The maximum absolute atomic E-state index is 12.9. The van der Waals surface area contributed by atoms with E-state index in [1.807, 2.05) is 28.9 Å². The van der Waals surface area contributed by atoms with E-state index in [-0.39, 0.29) is 12.1 Å². The largest absolute Gasteiger partial charge is 0.320 e. The molecule has 7 heteroatoms. The summed E-state index contributed by atoms with van der Waals surface area (Å²) >= 11 is 0. The minimum Gasteiger partial charge on any atom is -0.320 e. The van der Waals surface area contributed by atoms with Gasteiger partial charge in [-0.05, 0) is 44.4 Å². The molecule has 0 unspecified atom stereocenters. The summed E-state index contributed by atoms with van der Waals surface area (Å²) in [5.41, 5.74) is 3.38. The van der Waals surface area contributed by atoms with Crippen LogP contribution in [0.25, 0.3) is 0 Å². The second-order valence-electron chi connectivity index (χ2n) is 8.33. The predicted molar refractivity (Wildman–Crippen MR) is 117 cm³/mol. The van der Waals surface area contributed by atoms with Gasteiger partial charge in [-0.2, -0.15) is 4.31 Å². The fourth-order valence-electron chi connectivity index (χ4n) is 4.25. The third-order valence-corrected chi connectivity index (χ3v) is 8.06. The van der Waals surface area contributed by atoms with E-state index in [0.717, 1.165) is 11.1 Å². The predicted octanol–water partition coefficient (Wildman–Crippen LogP) is 3.39. The van der Waals surface area contributed by atoms with Crippen molar-refractivity contribution in [3.63, 3.8) is 0 Å². The molecule has 0 saturated carbocycles. The van der Waals surface area contributed by atoms with Crippen molar-refractivity contribution in [1.29, 1.82) is 0 Å². The second kappa shape index (κ2) is 8.40. The van der Waals surface area contributed by atoms with Crippen molar-refractivity contribution in [3.05, 3.63) is 65.2 Å². The average Bonchev–Trinajstić information content (AvgIpc) is 3.10. The number of rotatable bonds is 5. The third-order valence-electron chi connectivity index (χ3n) is 6.14. The number of benzene rings is 2. The van der Waals surface area contributed by atoms with Crippen LogP contribution in [0.3, 0.4) is 0 Å². The molecule has 0 spiro atoms. The Bertz CT molecular complexity index is 995. The van der Waals surface area contributed by atoms with E-state index >= 15 is 0 Å². The number of amides is 2. The quantitative estimate of drug-likeness (QED) is 0.735. The van der Waals surface area contributed by atoms with Gasteiger partial charge in [0, 0.05) is 38.8 Å². The van der Waals surface area contributed by atoms with Crippen molar-refractivity contribution in [2.75, 3.05) is 26.2 Å². The maximum atomic E-state index is 12.9. The van der Waals surface area contributed by atoms with Crippen LogP contribution in [-0.4, -0.2) is 60.8 Å². The standard InChI is InChI=1S/C23H29N3O3S/c1-18-3-7-20(8-4-18)17-24-15-16-26(23(24)27)21-11-13-25(14-12-21)30(28,29)22-9-5-19(2)6-10-22/h3-10,21H,11-17H2,1-2H3. The van der Waals surface area contributed by atoms with Gasteiger partial charge in [0.05, 0.1) is 4.90 Å². The maximum Gasteiger partial charge on any atom is 0.320 e. The Labute approximate surface area is 179 Å². The third kappa shape index (κ3) is 4.23. The summed E-state index contributed by atoms with van der Waals surface area (Å²) in [7, 11) is -3.47. The lowest BCUT2D eigenvalue weighted by atomic mass is 10.1. The van der Waals surface area contributed by atoms with Crippen LogP contribution in [0.2, 0.25) is 0 Å². The van der Waals surface area contributed by atoms with E-state index in [2.05, 4.69) is 31.2 Å². The molecule has 160 valence electrons. The first kappa shape index (κ1) is 20.9. The molecule has 6 nitrogen and oxygen atoms in total. The number of aryl methyl sites for hydroxylation is 2. The van der Waals surface area contributed by atoms with Gasteiger partial charge in [0.25, 0.3) is 0 Å². The van der Waals surface area contributed by atoms with Gasteiger partial charge in [-0.15, -0.1) is 0 Å². The summed E-state index contributed by atoms with van der Waals surface area (Å²) in [5, 5.41) is 0. The van der Waals surface area contributed by atoms with E-state index in [0.29, 0.717) is 50.5 Å². The van der Waals surface area contributed by atoms with Crippen molar-refractivity contribution in [2.24, 2.45) is 0 Å². The zero-order valence-corrected chi connectivity index (χ0v) is 18.4. The van der Waals surface area contributed by atoms with Gasteiger partial charge in [-0.25, -0.2) is 13.2 Å². The van der Waals surface area contributed by atoms with E-state index in [1.54, 1.807) is 16.4 Å².